The Kier molecular flexibility index (Phi) is 2.78. The lowest BCUT2D eigenvalue weighted by atomic mass is 9.85. The number of nitrogens with zero attached hydrogens (tertiary/aromatic N) is 2. The topological polar surface area (TPSA) is 50.8 Å². The van der Waals surface area contributed by atoms with Crippen molar-refractivity contribution < 1.29 is 4.74 Å². The molecule has 0 radical (unpaired) electrons. The molecule has 0 atom stereocenters. The first kappa shape index (κ1) is 11.3. The van der Waals surface area contributed by atoms with E-state index in [-0.39, 0.29) is 0 Å². The molecule has 4 nitrogen and oxygen atoms in total. The first-order chi connectivity index (χ1) is 8.78. The predicted octanol–water partition coefficient (Wildman–Crippen LogP) is 3.06. The van der Waals surface area contributed by atoms with E-state index < -0.39 is 0 Å². The van der Waals surface area contributed by atoms with Gasteiger partial charge >= 0.3 is 0 Å². The molecule has 1 aliphatic rings. The Morgan fingerprint density at radius 1 is 1.33 bits per heavy atom. The van der Waals surface area contributed by atoms with Crippen LogP contribution in [0.2, 0.25) is 0 Å². The lowest BCUT2D eigenvalue weighted by Crippen LogP contribution is -2.10. The maximum absolute atomic E-state index is 5.21. The standard InChI is InChI=1S/C14H17N3O/c1-9-8-11(18-2)6-7-12(9)14-15-13(16-17-14)10-4-3-5-10/h6-8,10H,3-5H2,1-2H3,(H,15,16,17). The molecule has 1 saturated carbocycles. The van der Waals surface area contributed by atoms with Crippen LogP contribution in [-0.2, 0) is 0 Å². The van der Waals surface area contributed by atoms with Crippen molar-refractivity contribution in [3.63, 3.8) is 0 Å². The second-order valence-electron chi connectivity index (χ2n) is 4.85. The summed E-state index contributed by atoms with van der Waals surface area (Å²) < 4.78 is 5.21. The Morgan fingerprint density at radius 3 is 2.78 bits per heavy atom. The number of H-pyrrole nitrogens is 1. The van der Waals surface area contributed by atoms with E-state index in [1.54, 1.807) is 7.11 Å². The number of hydrogen-bond donors (Lipinski definition) is 1. The molecule has 1 aromatic heterocycles. The van der Waals surface area contributed by atoms with Crippen LogP contribution in [0.1, 0.15) is 36.6 Å². The Morgan fingerprint density at radius 2 is 2.17 bits per heavy atom. The summed E-state index contributed by atoms with van der Waals surface area (Å²) in [6, 6.07) is 5.97. The molecule has 1 aliphatic carbocycles. The molecule has 94 valence electrons. The molecule has 1 aromatic carbocycles. The van der Waals surface area contributed by atoms with Crippen molar-refractivity contribution in [2.24, 2.45) is 0 Å². The summed E-state index contributed by atoms with van der Waals surface area (Å²) in [4.78, 5) is 4.61. The number of hydrogen-bond acceptors (Lipinski definition) is 3. The normalized spacial score (nSPS) is 15.4. The number of methoxy groups -OCH3 is 1. The molecule has 1 fully saturated rings. The van der Waals surface area contributed by atoms with Gasteiger partial charge in [0.1, 0.15) is 11.6 Å². The smallest absolute Gasteiger partial charge is 0.181 e. The Bertz CT molecular complexity index is 558. The molecule has 1 heterocycles. The molecular formula is C14H17N3O. The minimum Gasteiger partial charge on any atom is -0.497 e. The maximum Gasteiger partial charge on any atom is 0.181 e. The van der Waals surface area contributed by atoms with Gasteiger partial charge in [-0.25, -0.2) is 4.98 Å². The van der Waals surface area contributed by atoms with Gasteiger partial charge in [0.25, 0.3) is 0 Å². The van der Waals surface area contributed by atoms with E-state index in [2.05, 4.69) is 22.1 Å². The zero-order valence-corrected chi connectivity index (χ0v) is 10.7. The predicted molar refractivity (Wildman–Crippen MR) is 69.7 cm³/mol. The zero-order chi connectivity index (χ0) is 12.5. The van der Waals surface area contributed by atoms with Crippen LogP contribution in [0, 0.1) is 6.92 Å². The summed E-state index contributed by atoms with van der Waals surface area (Å²) >= 11 is 0. The number of nitrogens with one attached hydrogen (secondary N) is 1. The number of rotatable bonds is 3. The summed E-state index contributed by atoms with van der Waals surface area (Å²) in [5, 5.41) is 7.40. The largest absolute Gasteiger partial charge is 0.497 e. The third-order valence-corrected chi connectivity index (χ3v) is 3.67. The summed E-state index contributed by atoms with van der Waals surface area (Å²) in [6.45, 7) is 2.05. The van der Waals surface area contributed by atoms with E-state index in [1.165, 1.54) is 19.3 Å². The van der Waals surface area contributed by atoms with E-state index in [0.717, 1.165) is 28.5 Å². The molecule has 2 aromatic rings. The Balaban J connectivity index is 1.91. The highest BCUT2D eigenvalue weighted by Crippen LogP contribution is 2.35. The highest BCUT2D eigenvalue weighted by Gasteiger charge is 2.23. The molecule has 0 aliphatic heterocycles. The third-order valence-electron chi connectivity index (χ3n) is 3.67. The van der Waals surface area contributed by atoms with Crippen LogP contribution in [0.4, 0.5) is 0 Å². The number of benzene rings is 1. The van der Waals surface area contributed by atoms with E-state index in [1.807, 2.05) is 18.2 Å². The lowest BCUT2D eigenvalue weighted by molar-refractivity contribution is 0.402. The average Bonchev–Trinajstić information content (AvgIpc) is 2.75. The van der Waals surface area contributed by atoms with Gasteiger partial charge in [0, 0.05) is 11.5 Å². The molecular weight excluding hydrogens is 226 g/mol. The third kappa shape index (κ3) is 1.88. The second kappa shape index (κ2) is 4.44. The summed E-state index contributed by atoms with van der Waals surface area (Å²) in [5.41, 5.74) is 2.20. The van der Waals surface area contributed by atoms with Crippen LogP contribution < -0.4 is 4.74 Å². The quantitative estimate of drug-likeness (QED) is 0.901. The first-order valence-electron chi connectivity index (χ1n) is 6.35. The molecule has 1 N–H and O–H groups in total. The van der Waals surface area contributed by atoms with Crippen LogP contribution in [0.15, 0.2) is 18.2 Å². The molecule has 4 heteroatoms. The van der Waals surface area contributed by atoms with Crippen LogP contribution in [-0.4, -0.2) is 22.3 Å². The molecule has 0 amide bonds. The van der Waals surface area contributed by atoms with Gasteiger partial charge in [0.2, 0.25) is 0 Å². The van der Waals surface area contributed by atoms with Gasteiger partial charge in [-0.3, -0.25) is 5.10 Å². The van der Waals surface area contributed by atoms with Gasteiger partial charge in [-0.15, -0.1) is 0 Å². The molecule has 0 unspecified atom stereocenters. The Hall–Kier alpha value is -1.84. The van der Waals surface area contributed by atoms with E-state index in [0.29, 0.717) is 5.92 Å². The van der Waals surface area contributed by atoms with Gasteiger partial charge in [-0.1, -0.05) is 6.42 Å². The van der Waals surface area contributed by atoms with Crippen molar-refractivity contribution in [3.8, 4) is 17.1 Å². The second-order valence-corrected chi connectivity index (χ2v) is 4.85. The van der Waals surface area contributed by atoms with Gasteiger partial charge in [0.05, 0.1) is 7.11 Å². The SMILES string of the molecule is COc1ccc(-c2n[nH]c(C3CCC3)n2)c(C)c1. The van der Waals surface area contributed by atoms with Crippen molar-refractivity contribution in [1.29, 1.82) is 0 Å². The highest BCUT2D eigenvalue weighted by atomic mass is 16.5. The van der Waals surface area contributed by atoms with E-state index in [9.17, 15) is 0 Å². The molecule has 0 saturated heterocycles. The summed E-state index contributed by atoms with van der Waals surface area (Å²) in [7, 11) is 1.68. The number of aromatic nitrogens is 3. The summed E-state index contributed by atoms with van der Waals surface area (Å²) in [6.07, 6.45) is 3.77. The number of ether oxygens (including phenoxy) is 1. The molecule has 0 bridgehead atoms. The maximum atomic E-state index is 5.21. The van der Waals surface area contributed by atoms with Gasteiger partial charge in [0.15, 0.2) is 5.82 Å². The molecule has 3 rings (SSSR count). The van der Waals surface area contributed by atoms with Crippen molar-refractivity contribution in [1.82, 2.24) is 15.2 Å². The highest BCUT2D eigenvalue weighted by molar-refractivity contribution is 5.61. The fourth-order valence-electron chi connectivity index (χ4n) is 2.27. The van der Waals surface area contributed by atoms with Crippen molar-refractivity contribution in [2.45, 2.75) is 32.1 Å². The van der Waals surface area contributed by atoms with Crippen molar-refractivity contribution in [3.05, 3.63) is 29.6 Å². The molecule has 18 heavy (non-hydrogen) atoms. The van der Waals surface area contributed by atoms with Crippen LogP contribution in [0.3, 0.4) is 0 Å². The van der Waals surface area contributed by atoms with Gasteiger partial charge in [-0.05, 0) is 43.5 Å². The first-order valence-corrected chi connectivity index (χ1v) is 6.35. The molecule has 0 spiro atoms. The average molecular weight is 243 g/mol. The van der Waals surface area contributed by atoms with Gasteiger partial charge < -0.3 is 4.74 Å². The number of aryl methyl sites for hydroxylation is 1. The van der Waals surface area contributed by atoms with E-state index in [4.69, 9.17) is 4.74 Å². The fourth-order valence-corrected chi connectivity index (χ4v) is 2.27. The van der Waals surface area contributed by atoms with Crippen LogP contribution >= 0.6 is 0 Å². The van der Waals surface area contributed by atoms with Crippen molar-refractivity contribution in [2.75, 3.05) is 7.11 Å². The van der Waals surface area contributed by atoms with E-state index >= 15 is 0 Å². The Labute approximate surface area is 106 Å². The van der Waals surface area contributed by atoms with Crippen LogP contribution in [0.25, 0.3) is 11.4 Å². The number of aromatic amines is 1. The van der Waals surface area contributed by atoms with Crippen LogP contribution in [0.5, 0.6) is 5.75 Å². The minimum absolute atomic E-state index is 0.588. The summed E-state index contributed by atoms with van der Waals surface area (Å²) in [5.74, 6) is 3.28. The lowest BCUT2D eigenvalue weighted by Gasteiger charge is -2.22. The fraction of sp³-hybridized carbons (Fsp3) is 0.429. The zero-order valence-electron chi connectivity index (χ0n) is 10.7. The minimum atomic E-state index is 0.588. The van der Waals surface area contributed by atoms with Gasteiger partial charge in [-0.2, -0.15) is 5.10 Å². The van der Waals surface area contributed by atoms with Crippen molar-refractivity contribution >= 4 is 0 Å². The monoisotopic (exact) mass is 243 g/mol.